The summed E-state index contributed by atoms with van der Waals surface area (Å²) in [5.74, 6) is 0.0769. The van der Waals surface area contributed by atoms with Gasteiger partial charge in [0.15, 0.2) is 0 Å². The Balaban J connectivity index is 1.17. The Hall–Kier alpha value is -2.89. The highest BCUT2D eigenvalue weighted by Crippen LogP contribution is 2.39. The largest absolute Gasteiger partial charge is 0.396 e. The number of carbonyl (C=O) groups excluding carboxylic acids is 1. The van der Waals surface area contributed by atoms with Crippen molar-refractivity contribution in [2.75, 3.05) is 36.9 Å². The van der Waals surface area contributed by atoms with Crippen molar-refractivity contribution in [2.45, 2.75) is 51.1 Å². The Morgan fingerprint density at radius 2 is 2.25 bits per heavy atom. The highest BCUT2D eigenvalue weighted by atomic mass is 32.1. The van der Waals surface area contributed by atoms with Crippen LogP contribution in [0, 0.1) is 18.2 Å². The van der Waals surface area contributed by atoms with Crippen molar-refractivity contribution in [3.8, 4) is 0 Å². The molecule has 3 aliphatic rings. The molecule has 0 bridgehead atoms. The number of hydrogen-bond acceptors (Lipinski definition) is 9. The number of aryl methyl sites for hydroxylation is 2. The number of nitrogen functional groups attached to an aromatic ring is 1. The summed E-state index contributed by atoms with van der Waals surface area (Å²) < 4.78 is 21.1. The van der Waals surface area contributed by atoms with E-state index in [9.17, 15) is 4.79 Å². The van der Waals surface area contributed by atoms with Gasteiger partial charge in [-0.05, 0) is 39.0 Å². The molecule has 3 aromatic heterocycles. The van der Waals surface area contributed by atoms with E-state index in [4.69, 9.17) is 21.2 Å². The first kappa shape index (κ1) is 23.5. The second kappa shape index (κ2) is 8.89. The molecule has 0 aromatic carbocycles. The molecule has 5 N–H and O–H groups in total. The first-order valence-electron chi connectivity index (χ1n) is 12.4. The SMILES string of the molecule is Cc1cnc2c(N)c(C(=O)NC3CCc4nc(N5CC(N)C6(CCCOC6)C5)cc(F)c4C3)sc2n1. The molecule has 11 heteroatoms. The lowest BCUT2D eigenvalue weighted by Gasteiger charge is -2.36. The number of nitrogens with zero attached hydrogens (tertiary/aromatic N) is 4. The predicted molar refractivity (Wildman–Crippen MR) is 137 cm³/mol. The van der Waals surface area contributed by atoms with Crippen molar-refractivity contribution >= 4 is 39.1 Å². The van der Waals surface area contributed by atoms with Crippen LogP contribution < -0.4 is 21.7 Å². The molecule has 2 fully saturated rings. The van der Waals surface area contributed by atoms with Gasteiger partial charge in [-0.2, -0.15) is 0 Å². The van der Waals surface area contributed by atoms with Crippen LogP contribution in [0.5, 0.6) is 0 Å². The van der Waals surface area contributed by atoms with E-state index in [1.165, 1.54) is 17.4 Å². The first-order valence-corrected chi connectivity index (χ1v) is 13.2. The summed E-state index contributed by atoms with van der Waals surface area (Å²) in [6.07, 6.45) is 5.30. The molecule has 36 heavy (non-hydrogen) atoms. The minimum Gasteiger partial charge on any atom is -0.396 e. The lowest BCUT2D eigenvalue weighted by Crippen LogP contribution is -2.46. The third-order valence-corrected chi connectivity index (χ3v) is 8.90. The van der Waals surface area contributed by atoms with Crippen molar-refractivity contribution in [3.05, 3.63) is 39.9 Å². The van der Waals surface area contributed by atoms with E-state index >= 15 is 4.39 Å². The molecular weight excluding hydrogens is 481 g/mol. The number of pyridine rings is 1. The Morgan fingerprint density at radius 1 is 1.39 bits per heavy atom. The summed E-state index contributed by atoms with van der Waals surface area (Å²) in [5.41, 5.74) is 15.6. The number of nitrogens with one attached hydrogen (secondary N) is 1. The molecule has 1 amide bonds. The molecule has 3 atom stereocenters. The van der Waals surface area contributed by atoms with Crippen molar-refractivity contribution in [3.63, 3.8) is 0 Å². The number of halogens is 1. The standard InChI is InChI=1S/C25H30FN7O2S/c1-13-9-29-21-20(28)22(36-24(21)30-13)23(34)31-14-3-4-17-15(7-14)16(26)8-19(32-17)33-10-18(27)25(11-33)5-2-6-35-12-25/h8-9,14,18H,2-7,10-12,27-28H2,1H3,(H,31,34). The molecule has 2 aliphatic heterocycles. The van der Waals surface area contributed by atoms with Gasteiger partial charge in [-0.25, -0.2) is 19.3 Å². The number of aromatic nitrogens is 3. The predicted octanol–water partition coefficient (Wildman–Crippen LogP) is 2.35. The van der Waals surface area contributed by atoms with Gasteiger partial charge in [0.25, 0.3) is 5.91 Å². The van der Waals surface area contributed by atoms with E-state index < -0.39 is 0 Å². The number of amides is 1. The van der Waals surface area contributed by atoms with E-state index in [2.05, 4.69) is 20.2 Å². The van der Waals surface area contributed by atoms with Crippen LogP contribution in [-0.2, 0) is 17.6 Å². The van der Waals surface area contributed by atoms with E-state index in [1.54, 1.807) is 6.20 Å². The highest BCUT2D eigenvalue weighted by Gasteiger charge is 2.46. The minimum atomic E-state index is -0.284. The van der Waals surface area contributed by atoms with Gasteiger partial charge in [0.2, 0.25) is 0 Å². The normalized spacial score (nSPS) is 25.9. The van der Waals surface area contributed by atoms with Gasteiger partial charge in [0.05, 0.1) is 18.0 Å². The number of hydrogen-bond donors (Lipinski definition) is 3. The maximum Gasteiger partial charge on any atom is 0.263 e. The van der Waals surface area contributed by atoms with Crippen LogP contribution >= 0.6 is 11.3 Å². The van der Waals surface area contributed by atoms with Crippen molar-refractivity contribution in [2.24, 2.45) is 11.1 Å². The van der Waals surface area contributed by atoms with E-state index in [0.717, 1.165) is 37.4 Å². The van der Waals surface area contributed by atoms with Crippen LogP contribution in [0.15, 0.2) is 12.3 Å². The van der Waals surface area contributed by atoms with Crippen LogP contribution in [0.1, 0.15) is 45.9 Å². The third kappa shape index (κ3) is 3.99. The van der Waals surface area contributed by atoms with E-state index in [0.29, 0.717) is 64.7 Å². The number of thiophene rings is 1. The van der Waals surface area contributed by atoms with Gasteiger partial charge in [-0.15, -0.1) is 11.3 Å². The summed E-state index contributed by atoms with van der Waals surface area (Å²) in [6, 6.07) is 1.29. The summed E-state index contributed by atoms with van der Waals surface area (Å²) in [7, 11) is 0. The number of rotatable bonds is 3. The fourth-order valence-corrected chi connectivity index (χ4v) is 6.79. The average Bonchev–Trinajstić information content (AvgIpc) is 3.36. The van der Waals surface area contributed by atoms with Crippen molar-refractivity contribution in [1.82, 2.24) is 20.3 Å². The number of nitrogens with two attached hydrogens (primary N) is 2. The maximum absolute atomic E-state index is 15.3. The van der Waals surface area contributed by atoms with Crippen molar-refractivity contribution in [1.29, 1.82) is 0 Å². The molecule has 3 unspecified atom stereocenters. The number of ether oxygens (including phenoxy) is 1. The zero-order valence-corrected chi connectivity index (χ0v) is 21.0. The van der Waals surface area contributed by atoms with Gasteiger partial charge < -0.3 is 26.4 Å². The monoisotopic (exact) mass is 511 g/mol. The summed E-state index contributed by atoms with van der Waals surface area (Å²) >= 11 is 1.23. The molecule has 3 aromatic rings. The van der Waals surface area contributed by atoms with Crippen LogP contribution in [0.2, 0.25) is 0 Å². The Morgan fingerprint density at radius 3 is 3.06 bits per heavy atom. The Kier molecular flexibility index (Phi) is 5.81. The quantitative estimate of drug-likeness (QED) is 0.488. The van der Waals surface area contributed by atoms with E-state index in [1.807, 2.05) is 6.92 Å². The summed E-state index contributed by atoms with van der Waals surface area (Å²) in [5, 5.41) is 3.03. The molecule has 1 spiro atoms. The molecule has 9 nitrogen and oxygen atoms in total. The average molecular weight is 512 g/mol. The van der Waals surface area contributed by atoms with Gasteiger partial charge in [-0.3, -0.25) is 4.79 Å². The lowest BCUT2D eigenvalue weighted by molar-refractivity contribution is -0.00345. The fourth-order valence-electron chi connectivity index (χ4n) is 5.79. The van der Waals surface area contributed by atoms with Crippen LogP contribution in [-0.4, -0.2) is 59.2 Å². The second-order valence-corrected chi connectivity index (χ2v) is 11.3. The molecule has 2 saturated heterocycles. The zero-order valence-electron chi connectivity index (χ0n) is 20.2. The van der Waals surface area contributed by atoms with Crippen molar-refractivity contribution < 1.29 is 13.9 Å². The highest BCUT2D eigenvalue weighted by molar-refractivity contribution is 7.21. The lowest BCUT2D eigenvalue weighted by atomic mass is 9.79. The molecule has 0 radical (unpaired) electrons. The Bertz CT molecular complexity index is 1340. The third-order valence-electron chi connectivity index (χ3n) is 7.81. The maximum atomic E-state index is 15.3. The molecular formula is C25H30FN7O2S. The molecule has 0 saturated carbocycles. The summed E-state index contributed by atoms with van der Waals surface area (Å²) in [4.78, 5) is 29.7. The molecule has 1 aliphatic carbocycles. The second-order valence-electron chi connectivity index (χ2n) is 10.3. The van der Waals surface area contributed by atoms with Gasteiger partial charge in [-0.1, -0.05) is 0 Å². The molecule has 5 heterocycles. The smallest absolute Gasteiger partial charge is 0.263 e. The zero-order chi connectivity index (χ0) is 25.0. The first-order chi connectivity index (χ1) is 17.3. The van der Waals surface area contributed by atoms with Crippen LogP contribution in [0.3, 0.4) is 0 Å². The van der Waals surface area contributed by atoms with Gasteiger partial charge in [0, 0.05) is 60.7 Å². The topological polar surface area (TPSA) is 132 Å². The number of fused-ring (bicyclic) bond motifs is 2. The molecule has 190 valence electrons. The van der Waals surface area contributed by atoms with Gasteiger partial charge in [0.1, 0.15) is 26.9 Å². The van der Waals surface area contributed by atoms with E-state index in [-0.39, 0.29) is 29.2 Å². The Labute approximate surface area is 212 Å². The van der Waals surface area contributed by atoms with Crippen LogP contribution in [0.4, 0.5) is 15.9 Å². The number of anilines is 2. The fraction of sp³-hybridized carbons (Fsp3) is 0.520. The minimum absolute atomic E-state index is 0.0195. The number of carbonyl (C=O) groups is 1. The van der Waals surface area contributed by atoms with Gasteiger partial charge >= 0.3 is 0 Å². The molecule has 6 rings (SSSR count). The summed E-state index contributed by atoms with van der Waals surface area (Å²) in [6.45, 7) is 4.65. The van der Waals surface area contributed by atoms with Crippen LogP contribution in [0.25, 0.3) is 10.3 Å².